The highest BCUT2D eigenvalue weighted by Gasteiger charge is 2.14. The van der Waals surface area contributed by atoms with Crippen molar-refractivity contribution in [1.29, 1.82) is 0 Å². The fraction of sp³-hybridized carbons (Fsp3) is 0.154. The zero-order chi connectivity index (χ0) is 25.8. The summed E-state index contributed by atoms with van der Waals surface area (Å²) in [6.07, 6.45) is 1.49. The largest absolute Gasteiger partial charge is 0.490 e. The summed E-state index contributed by atoms with van der Waals surface area (Å²) in [7, 11) is 0. The van der Waals surface area contributed by atoms with Crippen LogP contribution in [0.25, 0.3) is 10.9 Å². The molecule has 0 saturated carbocycles. The van der Waals surface area contributed by atoms with Gasteiger partial charge in [-0.3, -0.25) is 4.79 Å². The molecule has 0 saturated heterocycles. The monoisotopic (exact) mass is 569 g/mol. The van der Waals surface area contributed by atoms with E-state index in [0.717, 1.165) is 4.47 Å². The Morgan fingerprint density at radius 1 is 1.19 bits per heavy atom. The van der Waals surface area contributed by atoms with E-state index >= 15 is 0 Å². The lowest BCUT2D eigenvalue weighted by Crippen LogP contribution is -2.20. The number of carboxylic acids is 1. The third-order valence-corrected chi connectivity index (χ3v) is 5.96. The van der Waals surface area contributed by atoms with Gasteiger partial charge in [-0.05, 0) is 67.4 Å². The van der Waals surface area contributed by atoms with E-state index in [2.05, 4.69) is 26.0 Å². The van der Waals surface area contributed by atoms with Gasteiger partial charge in [0, 0.05) is 4.47 Å². The number of halogens is 2. The van der Waals surface area contributed by atoms with Crippen LogP contribution in [0.3, 0.4) is 0 Å². The highest BCUT2D eigenvalue weighted by molar-refractivity contribution is 9.10. The lowest BCUT2D eigenvalue weighted by atomic mass is 10.1. The molecule has 0 radical (unpaired) electrons. The summed E-state index contributed by atoms with van der Waals surface area (Å²) in [6, 6.07) is 15.1. The molecule has 8 nitrogen and oxygen atoms in total. The highest BCUT2D eigenvalue weighted by Crippen LogP contribution is 2.37. The Kier molecular flexibility index (Phi) is 7.71. The fourth-order valence-electron chi connectivity index (χ4n) is 3.54. The predicted molar refractivity (Wildman–Crippen MR) is 142 cm³/mol. The molecule has 0 fully saturated rings. The van der Waals surface area contributed by atoms with E-state index in [-0.39, 0.29) is 22.8 Å². The Labute approximate surface area is 219 Å². The number of carboxylic acid groups (broad SMARTS) is 1. The minimum Gasteiger partial charge on any atom is -0.490 e. The Morgan fingerprint density at radius 3 is 2.75 bits per heavy atom. The number of hydrogen-bond donors (Lipinski definition) is 1. The van der Waals surface area contributed by atoms with Crippen molar-refractivity contribution in [2.75, 3.05) is 6.61 Å². The molecule has 0 amide bonds. The third-order valence-electron chi connectivity index (χ3n) is 5.18. The standard InChI is InChI=1S/C26H21BrClN3O5/c1-3-35-23-11-17(10-21(28)24(23)36-14-16-5-4-6-18(9-16)26(33)34)13-29-31-15(2)30-22-8-7-19(27)12-20(22)25(31)32/h4-13H,3,14H2,1-2H3,(H,33,34). The number of aromatic carboxylic acids is 1. The normalized spacial score (nSPS) is 11.2. The maximum Gasteiger partial charge on any atom is 0.335 e. The molecule has 4 rings (SSSR count). The average Bonchev–Trinajstić information content (AvgIpc) is 2.84. The van der Waals surface area contributed by atoms with Gasteiger partial charge in [0.2, 0.25) is 0 Å². The smallest absolute Gasteiger partial charge is 0.335 e. The highest BCUT2D eigenvalue weighted by atomic mass is 79.9. The van der Waals surface area contributed by atoms with Crippen LogP contribution < -0.4 is 15.0 Å². The summed E-state index contributed by atoms with van der Waals surface area (Å²) in [5, 5.41) is 14.3. The molecule has 1 heterocycles. The number of ether oxygens (including phenoxy) is 2. The van der Waals surface area contributed by atoms with E-state index in [0.29, 0.717) is 46.0 Å². The molecule has 10 heteroatoms. The minimum atomic E-state index is -1.02. The molecular formula is C26H21BrClN3O5. The molecule has 184 valence electrons. The number of aromatic nitrogens is 2. The molecule has 0 atom stereocenters. The van der Waals surface area contributed by atoms with Gasteiger partial charge < -0.3 is 14.6 Å². The maximum absolute atomic E-state index is 13.0. The number of rotatable bonds is 8. The average molecular weight is 571 g/mol. The summed E-state index contributed by atoms with van der Waals surface area (Å²) in [5.41, 5.74) is 1.72. The fourth-order valence-corrected chi connectivity index (χ4v) is 4.17. The maximum atomic E-state index is 13.0. The molecule has 0 aliphatic carbocycles. The van der Waals surface area contributed by atoms with E-state index < -0.39 is 5.97 Å². The lowest BCUT2D eigenvalue weighted by Gasteiger charge is -2.15. The van der Waals surface area contributed by atoms with Crippen LogP contribution in [0.15, 0.2) is 69.0 Å². The van der Waals surface area contributed by atoms with Gasteiger partial charge >= 0.3 is 5.97 Å². The zero-order valence-corrected chi connectivity index (χ0v) is 21.7. The van der Waals surface area contributed by atoms with Crippen LogP contribution >= 0.6 is 27.5 Å². The summed E-state index contributed by atoms with van der Waals surface area (Å²) >= 11 is 9.89. The number of fused-ring (bicyclic) bond motifs is 1. The summed E-state index contributed by atoms with van der Waals surface area (Å²) in [5.74, 6) is 0.135. The summed E-state index contributed by atoms with van der Waals surface area (Å²) < 4.78 is 13.6. The van der Waals surface area contributed by atoms with Gasteiger partial charge in [-0.1, -0.05) is 39.7 Å². The van der Waals surface area contributed by atoms with Gasteiger partial charge in [-0.25, -0.2) is 9.78 Å². The first-order chi connectivity index (χ1) is 17.3. The van der Waals surface area contributed by atoms with Crippen LogP contribution in [0.2, 0.25) is 5.02 Å². The van der Waals surface area contributed by atoms with Gasteiger partial charge in [0.25, 0.3) is 5.56 Å². The quantitative estimate of drug-likeness (QED) is 0.274. The van der Waals surface area contributed by atoms with Crippen molar-refractivity contribution >= 4 is 50.6 Å². The van der Waals surface area contributed by atoms with Crippen LogP contribution in [0, 0.1) is 6.92 Å². The van der Waals surface area contributed by atoms with Crippen molar-refractivity contribution in [3.8, 4) is 11.5 Å². The zero-order valence-electron chi connectivity index (χ0n) is 19.4. The number of hydrogen-bond acceptors (Lipinski definition) is 6. The van der Waals surface area contributed by atoms with Gasteiger partial charge in [-0.15, -0.1) is 0 Å². The number of nitrogens with zero attached hydrogens (tertiary/aromatic N) is 3. The van der Waals surface area contributed by atoms with E-state index in [1.54, 1.807) is 43.3 Å². The first kappa shape index (κ1) is 25.4. The van der Waals surface area contributed by atoms with Crippen LogP contribution in [0.5, 0.6) is 11.5 Å². The second-order valence-corrected chi connectivity index (χ2v) is 9.06. The SMILES string of the molecule is CCOc1cc(C=Nn2c(C)nc3ccc(Br)cc3c2=O)cc(Cl)c1OCc1cccc(C(=O)O)c1. The van der Waals surface area contributed by atoms with Gasteiger partial charge in [0.15, 0.2) is 11.5 Å². The molecule has 0 bridgehead atoms. The van der Waals surface area contributed by atoms with Crippen molar-refractivity contribution in [2.45, 2.75) is 20.5 Å². The Bertz CT molecular complexity index is 1550. The molecule has 0 spiro atoms. The lowest BCUT2D eigenvalue weighted by molar-refractivity contribution is 0.0696. The van der Waals surface area contributed by atoms with Gasteiger partial charge in [-0.2, -0.15) is 9.78 Å². The molecule has 4 aromatic rings. The van der Waals surface area contributed by atoms with Gasteiger partial charge in [0.05, 0.1) is 34.3 Å². The topological polar surface area (TPSA) is 103 Å². The van der Waals surface area contributed by atoms with E-state index in [1.165, 1.54) is 23.0 Å². The molecule has 0 aliphatic rings. The predicted octanol–water partition coefficient (Wildman–Crippen LogP) is 5.68. The Balaban J connectivity index is 1.64. The van der Waals surface area contributed by atoms with E-state index in [4.69, 9.17) is 21.1 Å². The minimum absolute atomic E-state index is 0.0985. The second kappa shape index (κ2) is 10.9. The Morgan fingerprint density at radius 2 is 2.00 bits per heavy atom. The molecular weight excluding hydrogens is 550 g/mol. The van der Waals surface area contributed by atoms with Crippen LogP contribution in [-0.4, -0.2) is 33.6 Å². The van der Waals surface area contributed by atoms with Crippen LogP contribution in [-0.2, 0) is 6.61 Å². The molecule has 3 aromatic carbocycles. The second-order valence-electron chi connectivity index (χ2n) is 7.74. The summed E-state index contributed by atoms with van der Waals surface area (Å²) in [6.45, 7) is 4.00. The summed E-state index contributed by atoms with van der Waals surface area (Å²) in [4.78, 5) is 28.7. The van der Waals surface area contributed by atoms with E-state index in [1.807, 2.05) is 13.0 Å². The van der Waals surface area contributed by atoms with E-state index in [9.17, 15) is 14.7 Å². The van der Waals surface area contributed by atoms with Crippen molar-refractivity contribution < 1.29 is 19.4 Å². The molecule has 36 heavy (non-hydrogen) atoms. The third kappa shape index (κ3) is 5.58. The number of carbonyl (C=O) groups is 1. The first-order valence-electron chi connectivity index (χ1n) is 10.9. The molecule has 1 N–H and O–H groups in total. The van der Waals surface area contributed by atoms with Crippen LogP contribution in [0.4, 0.5) is 0 Å². The van der Waals surface area contributed by atoms with Crippen molar-refractivity contribution in [2.24, 2.45) is 5.10 Å². The molecule has 0 unspecified atom stereocenters. The number of benzene rings is 3. The first-order valence-corrected chi connectivity index (χ1v) is 12.1. The number of aryl methyl sites for hydroxylation is 1. The van der Waals surface area contributed by atoms with Crippen molar-refractivity contribution in [1.82, 2.24) is 9.66 Å². The van der Waals surface area contributed by atoms with Crippen molar-refractivity contribution in [3.63, 3.8) is 0 Å². The van der Waals surface area contributed by atoms with Crippen molar-refractivity contribution in [3.05, 3.63) is 97.0 Å². The van der Waals surface area contributed by atoms with Gasteiger partial charge in [0.1, 0.15) is 12.4 Å². The Hall–Kier alpha value is -3.69. The molecule has 0 aliphatic heterocycles. The molecule has 1 aromatic heterocycles. The van der Waals surface area contributed by atoms with Crippen LogP contribution in [0.1, 0.15) is 34.2 Å².